The van der Waals surface area contributed by atoms with Crippen molar-refractivity contribution < 1.29 is 14.7 Å². The Labute approximate surface area is 195 Å². The van der Waals surface area contributed by atoms with Crippen molar-refractivity contribution in [2.75, 3.05) is 0 Å². The van der Waals surface area contributed by atoms with Crippen molar-refractivity contribution in [1.29, 1.82) is 0 Å². The lowest BCUT2D eigenvalue weighted by Crippen LogP contribution is -2.40. The summed E-state index contributed by atoms with van der Waals surface area (Å²) in [6.45, 7) is 6.10. The number of unbranched alkanes of at least 4 members (excludes halogenated alkanes) is 7. The first-order chi connectivity index (χ1) is 15.5. The first-order valence-electron chi connectivity index (χ1n) is 12.0. The molecule has 0 spiro atoms. The SMILES string of the molecule is CCCCCCCCCC=CC=CC=CC=CC=CC=CC(=O)N[C@H](CC(C)C)C(=O)O. The molecule has 0 aromatic heterocycles. The molecule has 0 aliphatic heterocycles. The molecule has 0 bridgehead atoms. The van der Waals surface area contributed by atoms with Gasteiger partial charge in [0.1, 0.15) is 6.04 Å². The molecule has 178 valence electrons. The van der Waals surface area contributed by atoms with Crippen molar-refractivity contribution in [3.63, 3.8) is 0 Å². The maximum absolute atomic E-state index is 11.8. The lowest BCUT2D eigenvalue weighted by Gasteiger charge is -2.15. The third-order valence-corrected chi connectivity index (χ3v) is 4.68. The van der Waals surface area contributed by atoms with Crippen LogP contribution in [0.25, 0.3) is 0 Å². The average Bonchev–Trinajstić information content (AvgIpc) is 2.74. The Balaban J connectivity index is 3.95. The van der Waals surface area contributed by atoms with E-state index in [1.54, 1.807) is 12.2 Å². The molecule has 0 aromatic carbocycles. The van der Waals surface area contributed by atoms with Crippen molar-refractivity contribution in [3.05, 3.63) is 72.9 Å². The highest BCUT2D eigenvalue weighted by atomic mass is 16.4. The summed E-state index contributed by atoms with van der Waals surface area (Å²) in [6.07, 6.45) is 33.4. The molecule has 0 saturated heterocycles. The molecule has 0 unspecified atom stereocenters. The minimum absolute atomic E-state index is 0.194. The fourth-order valence-electron chi connectivity index (χ4n) is 2.96. The standard InChI is InChI=1S/C28H43NO3/c1-4-5-6-7-8-9-10-11-12-13-14-15-16-17-18-19-20-21-22-23-27(30)29-26(28(31)32)24-25(2)3/h12-23,25-26H,4-11,24H2,1-3H3,(H,29,30)(H,31,32)/t26-/m1/s1. The van der Waals surface area contributed by atoms with Crippen LogP contribution in [0.3, 0.4) is 0 Å². The van der Waals surface area contributed by atoms with Gasteiger partial charge in [-0.2, -0.15) is 0 Å². The molecule has 4 nitrogen and oxygen atoms in total. The van der Waals surface area contributed by atoms with Crippen LogP contribution < -0.4 is 5.32 Å². The topological polar surface area (TPSA) is 66.4 Å². The number of rotatable bonds is 18. The molecule has 1 atom stereocenters. The number of amides is 1. The first-order valence-corrected chi connectivity index (χ1v) is 12.0. The molecule has 0 saturated carbocycles. The lowest BCUT2D eigenvalue weighted by atomic mass is 10.0. The summed E-state index contributed by atoms with van der Waals surface area (Å²) in [6, 6.07) is -0.857. The molecule has 0 aliphatic rings. The summed E-state index contributed by atoms with van der Waals surface area (Å²) in [7, 11) is 0. The highest BCUT2D eigenvalue weighted by Crippen LogP contribution is 2.08. The van der Waals surface area contributed by atoms with E-state index in [4.69, 9.17) is 5.11 Å². The smallest absolute Gasteiger partial charge is 0.326 e. The molecule has 0 aromatic rings. The van der Waals surface area contributed by atoms with Crippen LogP contribution in [0.5, 0.6) is 0 Å². The molecule has 0 aliphatic carbocycles. The summed E-state index contributed by atoms with van der Waals surface area (Å²) in [5, 5.41) is 11.6. The highest BCUT2D eigenvalue weighted by Gasteiger charge is 2.19. The zero-order valence-electron chi connectivity index (χ0n) is 20.2. The number of carboxylic acids is 1. The largest absolute Gasteiger partial charge is 0.480 e. The zero-order valence-corrected chi connectivity index (χ0v) is 20.2. The van der Waals surface area contributed by atoms with Gasteiger partial charge in [-0.1, -0.05) is 126 Å². The van der Waals surface area contributed by atoms with Crippen LogP contribution in [0.15, 0.2) is 72.9 Å². The van der Waals surface area contributed by atoms with Gasteiger partial charge in [0, 0.05) is 6.08 Å². The molecule has 4 heteroatoms. The van der Waals surface area contributed by atoms with Crippen LogP contribution in [0.2, 0.25) is 0 Å². The van der Waals surface area contributed by atoms with E-state index in [1.165, 1.54) is 51.0 Å². The van der Waals surface area contributed by atoms with E-state index in [-0.39, 0.29) is 5.92 Å². The first kappa shape index (κ1) is 29.4. The second-order valence-electron chi connectivity index (χ2n) is 8.27. The quantitative estimate of drug-likeness (QED) is 0.136. The van der Waals surface area contributed by atoms with E-state index in [1.807, 2.05) is 56.4 Å². The van der Waals surface area contributed by atoms with Crippen molar-refractivity contribution in [1.82, 2.24) is 5.32 Å². The summed E-state index contributed by atoms with van der Waals surface area (Å²) in [4.78, 5) is 22.9. The number of aliphatic carboxylic acids is 1. The lowest BCUT2D eigenvalue weighted by molar-refractivity contribution is -0.141. The molecule has 0 heterocycles. The van der Waals surface area contributed by atoms with Gasteiger partial charge < -0.3 is 10.4 Å². The molecule has 32 heavy (non-hydrogen) atoms. The van der Waals surface area contributed by atoms with Gasteiger partial charge in [-0.3, -0.25) is 4.79 Å². The number of allylic oxidation sites excluding steroid dienone is 11. The fraction of sp³-hybridized carbons (Fsp3) is 0.500. The second kappa shape index (κ2) is 21.6. The third kappa shape index (κ3) is 20.6. The average molecular weight is 442 g/mol. The van der Waals surface area contributed by atoms with Gasteiger partial charge in [0.25, 0.3) is 0 Å². The van der Waals surface area contributed by atoms with Crippen molar-refractivity contribution in [2.45, 2.75) is 84.6 Å². The number of hydrogen-bond donors (Lipinski definition) is 2. The summed E-state index contributed by atoms with van der Waals surface area (Å²) < 4.78 is 0. The Morgan fingerprint density at radius 2 is 1.25 bits per heavy atom. The van der Waals surface area contributed by atoms with E-state index in [2.05, 4.69) is 24.4 Å². The Morgan fingerprint density at radius 1 is 0.750 bits per heavy atom. The fourth-order valence-corrected chi connectivity index (χ4v) is 2.96. The highest BCUT2D eigenvalue weighted by molar-refractivity contribution is 5.91. The zero-order chi connectivity index (χ0) is 23.9. The Bertz CT molecular complexity index is 666. The summed E-state index contributed by atoms with van der Waals surface area (Å²) in [5.74, 6) is -1.22. The second-order valence-corrected chi connectivity index (χ2v) is 8.27. The predicted molar refractivity (Wildman–Crippen MR) is 136 cm³/mol. The number of carboxylic acid groups (broad SMARTS) is 1. The van der Waals surface area contributed by atoms with Gasteiger partial charge in [-0.25, -0.2) is 4.79 Å². The van der Waals surface area contributed by atoms with Crippen molar-refractivity contribution >= 4 is 11.9 Å². The van der Waals surface area contributed by atoms with Crippen LogP contribution >= 0.6 is 0 Å². The van der Waals surface area contributed by atoms with Crippen molar-refractivity contribution in [2.24, 2.45) is 5.92 Å². The molecule has 1 amide bonds. The van der Waals surface area contributed by atoms with Crippen LogP contribution in [-0.4, -0.2) is 23.0 Å². The molecule has 0 radical (unpaired) electrons. The molecule has 0 rings (SSSR count). The van der Waals surface area contributed by atoms with Gasteiger partial charge in [0.2, 0.25) is 5.91 Å². The minimum Gasteiger partial charge on any atom is -0.480 e. The van der Waals surface area contributed by atoms with Gasteiger partial charge >= 0.3 is 5.97 Å². The van der Waals surface area contributed by atoms with Gasteiger partial charge in [-0.05, 0) is 25.2 Å². The Kier molecular flexibility index (Phi) is 19.8. The molecule has 0 fully saturated rings. The number of nitrogens with one attached hydrogen (secondary N) is 1. The molecular formula is C28H43NO3. The van der Waals surface area contributed by atoms with E-state index in [9.17, 15) is 9.59 Å². The summed E-state index contributed by atoms with van der Waals surface area (Å²) >= 11 is 0. The molecular weight excluding hydrogens is 398 g/mol. The van der Waals surface area contributed by atoms with E-state index < -0.39 is 17.9 Å². The van der Waals surface area contributed by atoms with Crippen LogP contribution in [0, 0.1) is 5.92 Å². The predicted octanol–water partition coefficient (Wildman–Crippen LogP) is 7.08. The summed E-state index contributed by atoms with van der Waals surface area (Å²) in [5.41, 5.74) is 0. The monoisotopic (exact) mass is 441 g/mol. The van der Waals surface area contributed by atoms with Crippen LogP contribution in [0.1, 0.15) is 78.6 Å². The number of carbonyl (C=O) groups is 2. The van der Waals surface area contributed by atoms with Gasteiger partial charge in [0.15, 0.2) is 0 Å². The number of hydrogen-bond acceptors (Lipinski definition) is 2. The van der Waals surface area contributed by atoms with Crippen LogP contribution in [0.4, 0.5) is 0 Å². The Hall–Kier alpha value is -2.62. The van der Waals surface area contributed by atoms with E-state index in [0.717, 1.165) is 6.42 Å². The minimum atomic E-state index is -1.01. The number of carbonyl (C=O) groups excluding carboxylic acids is 1. The van der Waals surface area contributed by atoms with Gasteiger partial charge in [0.05, 0.1) is 0 Å². The van der Waals surface area contributed by atoms with Crippen molar-refractivity contribution in [3.8, 4) is 0 Å². The maximum atomic E-state index is 11.8. The van der Waals surface area contributed by atoms with Crippen LogP contribution in [-0.2, 0) is 9.59 Å². The third-order valence-electron chi connectivity index (χ3n) is 4.68. The Morgan fingerprint density at radius 3 is 1.78 bits per heavy atom. The normalized spacial score (nSPS) is 13.8. The van der Waals surface area contributed by atoms with E-state index >= 15 is 0 Å². The van der Waals surface area contributed by atoms with E-state index in [0.29, 0.717) is 6.42 Å². The molecule has 2 N–H and O–H groups in total. The van der Waals surface area contributed by atoms with Gasteiger partial charge in [-0.15, -0.1) is 0 Å². The maximum Gasteiger partial charge on any atom is 0.326 e.